The van der Waals surface area contributed by atoms with Gasteiger partial charge in [0, 0.05) is 51.7 Å². The molecule has 1 fully saturated rings. The standard InChI is InChI=1S/C27H35FN4O5S/c1-36-24-14-21(16-30-18-24)19-38(34,35)26-7-6-23(37-13-12-32-10-8-29-9-11-32)15-25(26)27(33)31-17-20-2-4-22(28)5-3-20/h2,4-7,14-15,18,20-21,29H,3,8-13,16-17,19H2,1H3,(H,31,33). The molecule has 1 aromatic rings. The number of nitrogens with zero attached hydrogens (tertiary/aromatic N) is 2. The fourth-order valence-electron chi connectivity index (χ4n) is 4.58. The summed E-state index contributed by atoms with van der Waals surface area (Å²) in [5.41, 5.74) is 0.0291. The number of aliphatic imine (C=N–C) groups is 1. The maximum Gasteiger partial charge on any atom is 0.252 e. The maximum absolute atomic E-state index is 13.5. The molecule has 9 nitrogen and oxygen atoms in total. The van der Waals surface area contributed by atoms with E-state index in [-0.39, 0.29) is 40.4 Å². The first kappa shape index (κ1) is 28.0. The van der Waals surface area contributed by atoms with Crippen molar-refractivity contribution >= 4 is 22.0 Å². The monoisotopic (exact) mass is 546 g/mol. The summed E-state index contributed by atoms with van der Waals surface area (Å²) in [5.74, 6) is -0.548. The molecule has 4 rings (SSSR count). The van der Waals surface area contributed by atoms with Crippen LogP contribution in [-0.4, -0.2) is 90.7 Å². The number of ether oxygens (including phenoxy) is 2. The van der Waals surface area contributed by atoms with Crippen molar-refractivity contribution < 1.29 is 27.1 Å². The van der Waals surface area contributed by atoms with E-state index in [1.54, 1.807) is 24.4 Å². The average molecular weight is 547 g/mol. The summed E-state index contributed by atoms with van der Waals surface area (Å²) < 4.78 is 51.3. The lowest BCUT2D eigenvalue weighted by Gasteiger charge is -2.27. The molecule has 38 heavy (non-hydrogen) atoms. The number of nitrogens with one attached hydrogen (secondary N) is 2. The van der Waals surface area contributed by atoms with Crippen molar-refractivity contribution in [3.63, 3.8) is 0 Å². The Balaban J connectivity index is 1.50. The van der Waals surface area contributed by atoms with Crippen LogP contribution in [-0.2, 0) is 14.6 Å². The number of sulfone groups is 1. The van der Waals surface area contributed by atoms with E-state index in [2.05, 4.69) is 20.5 Å². The van der Waals surface area contributed by atoms with E-state index in [1.807, 2.05) is 0 Å². The number of rotatable bonds is 11. The zero-order valence-corrected chi connectivity index (χ0v) is 22.4. The number of hydrogen-bond acceptors (Lipinski definition) is 8. The van der Waals surface area contributed by atoms with Gasteiger partial charge < -0.3 is 20.1 Å². The Morgan fingerprint density at radius 1 is 1.26 bits per heavy atom. The zero-order valence-electron chi connectivity index (χ0n) is 21.6. The fourth-order valence-corrected chi connectivity index (χ4v) is 6.29. The second kappa shape index (κ2) is 13.2. The molecule has 2 heterocycles. The molecule has 0 aromatic heterocycles. The van der Waals surface area contributed by atoms with Crippen molar-refractivity contribution in [1.29, 1.82) is 0 Å². The molecule has 1 saturated heterocycles. The van der Waals surface area contributed by atoms with E-state index in [0.717, 1.165) is 32.7 Å². The second-order valence-corrected chi connectivity index (χ2v) is 11.6. The Morgan fingerprint density at radius 3 is 2.82 bits per heavy atom. The molecular formula is C27H35FN4O5S. The Labute approximate surface area is 223 Å². The molecule has 2 unspecified atom stereocenters. The molecule has 2 atom stereocenters. The smallest absolute Gasteiger partial charge is 0.252 e. The number of allylic oxidation sites excluding steroid dienone is 4. The minimum absolute atomic E-state index is 0.0291. The van der Waals surface area contributed by atoms with E-state index < -0.39 is 15.7 Å². The van der Waals surface area contributed by atoms with Crippen LogP contribution in [0.4, 0.5) is 4.39 Å². The van der Waals surface area contributed by atoms with Gasteiger partial charge in [-0.3, -0.25) is 14.7 Å². The van der Waals surface area contributed by atoms with Crippen molar-refractivity contribution in [3.05, 3.63) is 59.7 Å². The van der Waals surface area contributed by atoms with Crippen molar-refractivity contribution in [2.75, 3.05) is 65.3 Å². The molecule has 2 N–H and O–H groups in total. The zero-order chi connectivity index (χ0) is 27.0. The van der Waals surface area contributed by atoms with E-state index in [1.165, 1.54) is 31.4 Å². The van der Waals surface area contributed by atoms with Gasteiger partial charge in [0.25, 0.3) is 5.91 Å². The predicted octanol–water partition coefficient (Wildman–Crippen LogP) is 2.13. The summed E-state index contributed by atoms with van der Waals surface area (Å²) in [6.45, 7) is 5.47. The number of hydrogen-bond donors (Lipinski definition) is 2. The molecule has 206 valence electrons. The molecular weight excluding hydrogens is 511 g/mol. The Hall–Kier alpha value is -3.02. The Bertz CT molecular complexity index is 1220. The van der Waals surface area contributed by atoms with Crippen LogP contribution >= 0.6 is 0 Å². The molecule has 1 amide bonds. The van der Waals surface area contributed by atoms with E-state index >= 15 is 0 Å². The highest BCUT2D eigenvalue weighted by Crippen LogP contribution is 2.26. The van der Waals surface area contributed by atoms with Crippen molar-refractivity contribution in [1.82, 2.24) is 15.5 Å². The van der Waals surface area contributed by atoms with Gasteiger partial charge >= 0.3 is 0 Å². The third-order valence-corrected chi connectivity index (χ3v) is 8.61. The first-order valence-electron chi connectivity index (χ1n) is 12.8. The largest absolute Gasteiger partial charge is 0.495 e. The molecule has 0 radical (unpaired) electrons. The summed E-state index contributed by atoms with van der Waals surface area (Å²) in [6, 6.07) is 4.52. The van der Waals surface area contributed by atoms with Gasteiger partial charge in [0.15, 0.2) is 9.84 Å². The maximum atomic E-state index is 13.5. The van der Waals surface area contributed by atoms with Gasteiger partial charge in [-0.25, -0.2) is 12.8 Å². The number of halogens is 1. The molecule has 1 aromatic carbocycles. The third-order valence-electron chi connectivity index (χ3n) is 6.71. The number of dihydropyridines is 1. The summed E-state index contributed by atoms with van der Waals surface area (Å²) >= 11 is 0. The molecule has 0 bridgehead atoms. The molecule has 0 spiro atoms. The van der Waals surface area contributed by atoms with Gasteiger partial charge in [-0.05, 0) is 48.8 Å². The second-order valence-electron chi connectivity index (χ2n) is 9.56. The first-order valence-corrected chi connectivity index (χ1v) is 14.5. The van der Waals surface area contributed by atoms with Gasteiger partial charge in [0.05, 0.1) is 29.5 Å². The van der Waals surface area contributed by atoms with Gasteiger partial charge in [0.2, 0.25) is 0 Å². The highest BCUT2D eigenvalue weighted by molar-refractivity contribution is 7.91. The van der Waals surface area contributed by atoms with Crippen LogP contribution in [0.25, 0.3) is 0 Å². The minimum Gasteiger partial charge on any atom is -0.495 e. The lowest BCUT2D eigenvalue weighted by molar-refractivity contribution is 0.0945. The molecule has 0 saturated carbocycles. The van der Waals surface area contributed by atoms with Crippen molar-refractivity contribution in [3.8, 4) is 5.75 Å². The minimum atomic E-state index is -3.85. The van der Waals surface area contributed by atoms with Crippen LogP contribution in [0, 0.1) is 11.8 Å². The molecule has 11 heteroatoms. The van der Waals surface area contributed by atoms with Gasteiger partial charge in [0.1, 0.15) is 23.9 Å². The highest BCUT2D eigenvalue weighted by Gasteiger charge is 2.27. The van der Waals surface area contributed by atoms with Gasteiger partial charge in [-0.15, -0.1) is 0 Å². The van der Waals surface area contributed by atoms with Crippen molar-refractivity contribution in [2.24, 2.45) is 16.8 Å². The van der Waals surface area contributed by atoms with E-state index in [4.69, 9.17) is 9.47 Å². The summed E-state index contributed by atoms with van der Waals surface area (Å²) in [7, 11) is -2.35. The average Bonchev–Trinajstić information content (AvgIpc) is 2.93. The van der Waals surface area contributed by atoms with Crippen LogP contribution in [0.15, 0.2) is 64.0 Å². The number of carbonyl (C=O) groups is 1. The predicted molar refractivity (Wildman–Crippen MR) is 144 cm³/mol. The van der Waals surface area contributed by atoms with E-state index in [9.17, 15) is 17.6 Å². The van der Waals surface area contributed by atoms with Crippen LogP contribution in [0.3, 0.4) is 0 Å². The summed E-state index contributed by atoms with van der Waals surface area (Å²) in [4.78, 5) is 19.7. The summed E-state index contributed by atoms with van der Waals surface area (Å²) in [5, 5.41) is 6.13. The first-order chi connectivity index (χ1) is 18.3. The topological polar surface area (TPSA) is 109 Å². The van der Waals surface area contributed by atoms with E-state index in [0.29, 0.717) is 31.1 Å². The molecule has 2 aliphatic heterocycles. The van der Waals surface area contributed by atoms with Crippen LogP contribution in [0.1, 0.15) is 16.8 Å². The lowest BCUT2D eigenvalue weighted by atomic mass is 10.0. The fraction of sp³-hybridized carbons (Fsp3) is 0.481. The SMILES string of the molecule is COC1=CC(CS(=O)(=O)c2ccc(OCCN3CCNCC3)cc2C(=O)NCC2C=CC(F)=CC2)CN=C1. The number of benzene rings is 1. The summed E-state index contributed by atoms with van der Waals surface area (Å²) in [6.07, 6.45) is 8.30. The number of methoxy groups -OCH3 is 1. The number of carbonyl (C=O) groups excluding carboxylic acids is 1. The third kappa shape index (κ3) is 7.75. The Morgan fingerprint density at radius 2 is 2.08 bits per heavy atom. The number of amides is 1. The quantitative estimate of drug-likeness (QED) is 0.438. The molecule has 3 aliphatic rings. The molecule has 1 aliphatic carbocycles. The van der Waals surface area contributed by atoms with Gasteiger partial charge in [-0.1, -0.05) is 6.08 Å². The van der Waals surface area contributed by atoms with Crippen molar-refractivity contribution in [2.45, 2.75) is 11.3 Å². The van der Waals surface area contributed by atoms with Crippen LogP contribution in [0.5, 0.6) is 5.75 Å². The number of piperazine rings is 1. The van der Waals surface area contributed by atoms with Crippen LogP contribution in [0.2, 0.25) is 0 Å². The van der Waals surface area contributed by atoms with Gasteiger partial charge in [-0.2, -0.15) is 0 Å². The lowest BCUT2D eigenvalue weighted by Crippen LogP contribution is -2.44. The highest BCUT2D eigenvalue weighted by atomic mass is 32.2. The Kier molecular flexibility index (Phi) is 9.70. The van der Waals surface area contributed by atoms with Crippen LogP contribution < -0.4 is 15.4 Å². The normalized spacial score (nSPS) is 21.9.